The van der Waals surface area contributed by atoms with E-state index in [1.807, 2.05) is 0 Å². The molecule has 0 bridgehead atoms. The third kappa shape index (κ3) is 2.81. The summed E-state index contributed by atoms with van der Waals surface area (Å²) in [7, 11) is 0. The maximum Gasteiger partial charge on any atom is 0.418 e. The lowest BCUT2D eigenvalue weighted by Crippen LogP contribution is -2.33. The smallest absolute Gasteiger partial charge is 0.418 e. The van der Waals surface area contributed by atoms with Gasteiger partial charge in [-0.15, -0.1) is 0 Å². The third-order valence-corrected chi connectivity index (χ3v) is 2.85. The van der Waals surface area contributed by atoms with Crippen LogP contribution in [0.4, 0.5) is 23.7 Å². The average Bonchev–Trinajstić information content (AvgIpc) is 2.62. The van der Waals surface area contributed by atoms with E-state index in [-0.39, 0.29) is 0 Å². The van der Waals surface area contributed by atoms with E-state index >= 15 is 0 Å². The number of carboxylic acids is 1. The summed E-state index contributed by atoms with van der Waals surface area (Å²) in [6.07, 6.45) is -5.45. The van der Waals surface area contributed by atoms with Gasteiger partial charge >= 0.3 is 18.2 Å². The molecule has 9 heteroatoms. The number of rotatable bonds is 3. The number of halogens is 3. The number of hydrogen-bond donors (Lipinski definition) is 2. The van der Waals surface area contributed by atoms with Crippen molar-refractivity contribution in [1.29, 1.82) is 0 Å². The highest BCUT2D eigenvalue weighted by Gasteiger charge is 2.44. The monoisotopic (exact) mass is 302 g/mol. The van der Waals surface area contributed by atoms with Crippen molar-refractivity contribution in [3.63, 3.8) is 0 Å². The van der Waals surface area contributed by atoms with E-state index < -0.39 is 47.8 Å². The zero-order chi connectivity index (χ0) is 15.8. The molecule has 0 aromatic heterocycles. The maximum absolute atomic E-state index is 12.9. The summed E-state index contributed by atoms with van der Waals surface area (Å²) in [4.78, 5) is 34.5. The van der Waals surface area contributed by atoms with Crippen LogP contribution in [0, 0.1) is 0 Å². The fourth-order valence-electron chi connectivity index (χ4n) is 1.98. The van der Waals surface area contributed by atoms with E-state index in [0.29, 0.717) is 4.90 Å². The maximum atomic E-state index is 12.9. The highest BCUT2D eigenvalue weighted by atomic mass is 19.4. The van der Waals surface area contributed by atoms with Crippen LogP contribution in [-0.2, 0) is 15.8 Å². The second-order valence-electron chi connectivity index (χ2n) is 4.29. The van der Waals surface area contributed by atoms with Gasteiger partial charge in [-0.05, 0) is 12.1 Å². The lowest BCUT2D eigenvalue weighted by atomic mass is 10.1. The Morgan fingerprint density at radius 1 is 1.29 bits per heavy atom. The van der Waals surface area contributed by atoms with Crippen molar-refractivity contribution >= 4 is 23.6 Å². The van der Waals surface area contributed by atoms with Crippen LogP contribution in [0.1, 0.15) is 12.0 Å². The van der Waals surface area contributed by atoms with Crippen LogP contribution in [0.25, 0.3) is 0 Å². The number of carboxylic acid groups (broad SMARTS) is 1. The van der Waals surface area contributed by atoms with Crippen molar-refractivity contribution in [3.05, 3.63) is 29.8 Å². The van der Waals surface area contributed by atoms with Crippen LogP contribution in [0.3, 0.4) is 0 Å². The van der Waals surface area contributed by atoms with Crippen molar-refractivity contribution in [2.45, 2.75) is 18.6 Å². The lowest BCUT2D eigenvalue weighted by molar-refractivity contribution is -0.139. The summed E-state index contributed by atoms with van der Waals surface area (Å²) in [5.41, 5.74) is -1.77. The molecule has 0 aliphatic carbocycles. The molecule has 6 nitrogen and oxygen atoms in total. The van der Waals surface area contributed by atoms with E-state index in [1.54, 1.807) is 0 Å². The van der Waals surface area contributed by atoms with Gasteiger partial charge in [0.25, 0.3) is 5.91 Å². The minimum Gasteiger partial charge on any atom is -0.481 e. The van der Waals surface area contributed by atoms with E-state index in [0.717, 1.165) is 18.2 Å². The topological polar surface area (TPSA) is 86.7 Å². The fraction of sp³-hybridized carbons (Fsp3) is 0.250. The molecule has 1 aromatic rings. The Balaban J connectivity index is 2.41. The van der Waals surface area contributed by atoms with E-state index in [4.69, 9.17) is 5.11 Å². The van der Waals surface area contributed by atoms with Gasteiger partial charge in [-0.3, -0.25) is 9.59 Å². The first-order chi connectivity index (χ1) is 9.71. The van der Waals surface area contributed by atoms with Gasteiger partial charge in [0, 0.05) is 0 Å². The molecule has 3 amide bonds. The Morgan fingerprint density at radius 3 is 2.48 bits per heavy atom. The van der Waals surface area contributed by atoms with Gasteiger partial charge in [0.15, 0.2) is 0 Å². The Bertz CT molecular complexity index is 615. The SMILES string of the molecule is O=C(O)CC1NC(=O)N(c2ccccc2C(F)(F)F)C1=O. The van der Waals surface area contributed by atoms with Gasteiger partial charge in [-0.25, -0.2) is 9.69 Å². The van der Waals surface area contributed by atoms with Crippen LogP contribution in [0.5, 0.6) is 0 Å². The second-order valence-corrected chi connectivity index (χ2v) is 4.29. The van der Waals surface area contributed by atoms with E-state index in [2.05, 4.69) is 5.32 Å². The minimum absolute atomic E-state index is 0.316. The zero-order valence-corrected chi connectivity index (χ0v) is 10.3. The molecule has 2 rings (SSSR count). The molecule has 0 radical (unpaired) electrons. The number of carbonyl (C=O) groups excluding carboxylic acids is 2. The molecule has 1 aromatic carbocycles. The first kappa shape index (κ1) is 14.8. The second kappa shape index (κ2) is 5.08. The first-order valence-corrected chi connectivity index (χ1v) is 5.74. The largest absolute Gasteiger partial charge is 0.481 e. The van der Waals surface area contributed by atoms with Gasteiger partial charge in [-0.2, -0.15) is 13.2 Å². The summed E-state index contributed by atoms with van der Waals surface area (Å²) in [6.45, 7) is 0. The Hall–Kier alpha value is -2.58. The number of anilines is 1. The van der Waals surface area contributed by atoms with Gasteiger partial charge in [0.1, 0.15) is 6.04 Å². The first-order valence-electron chi connectivity index (χ1n) is 5.74. The summed E-state index contributed by atoms with van der Waals surface area (Å²) in [5.74, 6) is -2.38. The molecule has 1 atom stereocenters. The number of aliphatic carboxylic acids is 1. The minimum atomic E-state index is -4.75. The lowest BCUT2D eigenvalue weighted by Gasteiger charge is -2.18. The van der Waals surface area contributed by atoms with Crippen molar-refractivity contribution < 1.29 is 32.7 Å². The van der Waals surface area contributed by atoms with Crippen LogP contribution >= 0.6 is 0 Å². The number of benzene rings is 1. The molecule has 1 aliphatic rings. The quantitative estimate of drug-likeness (QED) is 0.830. The molecule has 2 N–H and O–H groups in total. The Kier molecular flexibility index (Phi) is 3.58. The fourth-order valence-corrected chi connectivity index (χ4v) is 1.98. The molecule has 1 aliphatic heterocycles. The molecule has 1 unspecified atom stereocenters. The highest BCUT2D eigenvalue weighted by molar-refractivity contribution is 6.22. The van der Waals surface area contributed by atoms with E-state index in [9.17, 15) is 27.6 Å². The molecule has 0 saturated carbocycles. The summed E-state index contributed by atoms with van der Waals surface area (Å²) in [6, 6.07) is 1.62. The number of carbonyl (C=O) groups is 3. The van der Waals surface area contributed by atoms with E-state index in [1.165, 1.54) is 6.07 Å². The number of amides is 3. The van der Waals surface area contributed by atoms with Crippen LogP contribution in [0.2, 0.25) is 0 Å². The molecule has 1 heterocycles. The van der Waals surface area contributed by atoms with Crippen molar-refractivity contribution in [1.82, 2.24) is 5.32 Å². The van der Waals surface area contributed by atoms with Crippen LogP contribution in [0.15, 0.2) is 24.3 Å². The molecular formula is C12H9F3N2O4. The summed E-state index contributed by atoms with van der Waals surface area (Å²) >= 11 is 0. The molecule has 1 fully saturated rings. The normalized spacial score (nSPS) is 18.8. The summed E-state index contributed by atoms with van der Waals surface area (Å²) in [5, 5.41) is 10.7. The van der Waals surface area contributed by atoms with Crippen LogP contribution in [-0.4, -0.2) is 29.1 Å². The number of nitrogens with one attached hydrogen (secondary N) is 1. The number of imide groups is 1. The predicted octanol–water partition coefficient (Wildman–Crippen LogP) is 1.60. The van der Waals surface area contributed by atoms with Gasteiger partial charge < -0.3 is 10.4 Å². The Morgan fingerprint density at radius 2 is 1.90 bits per heavy atom. The summed E-state index contributed by atoms with van der Waals surface area (Å²) < 4.78 is 38.7. The van der Waals surface area contributed by atoms with Gasteiger partial charge in [0.2, 0.25) is 0 Å². The van der Waals surface area contributed by atoms with Crippen LogP contribution < -0.4 is 10.2 Å². The number of para-hydroxylation sites is 1. The van der Waals surface area contributed by atoms with Crippen molar-refractivity contribution in [2.24, 2.45) is 0 Å². The highest BCUT2D eigenvalue weighted by Crippen LogP contribution is 2.37. The predicted molar refractivity (Wildman–Crippen MR) is 63.5 cm³/mol. The number of alkyl halides is 3. The van der Waals surface area contributed by atoms with Crippen molar-refractivity contribution in [3.8, 4) is 0 Å². The number of urea groups is 1. The molecule has 0 spiro atoms. The van der Waals surface area contributed by atoms with Crippen molar-refractivity contribution in [2.75, 3.05) is 4.90 Å². The third-order valence-electron chi connectivity index (χ3n) is 2.85. The number of nitrogens with zero attached hydrogens (tertiary/aromatic N) is 1. The Labute approximate surface area is 116 Å². The number of hydrogen-bond acceptors (Lipinski definition) is 3. The molecule has 21 heavy (non-hydrogen) atoms. The van der Waals surface area contributed by atoms with Gasteiger partial charge in [-0.1, -0.05) is 12.1 Å². The average molecular weight is 302 g/mol. The molecule has 1 saturated heterocycles. The van der Waals surface area contributed by atoms with Gasteiger partial charge in [0.05, 0.1) is 17.7 Å². The molecule has 112 valence electrons. The standard InChI is InChI=1S/C12H9F3N2O4/c13-12(14,15)6-3-1-2-4-8(6)17-10(20)7(5-9(18)19)16-11(17)21/h1-4,7H,5H2,(H,16,21)(H,18,19). The molecular weight excluding hydrogens is 293 g/mol. The zero-order valence-electron chi connectivity index (χ0n) is 10.3.